The molecule has 3 N–H and O–H groups in total. The maximum atomic E-state index is 10.4. The van der Waals surface area contributed by atoms with Gasteiger partial charge in [0.1, 0.15) is 5.69 Å². The first kappa shape index (κ1) is 16.9. The predicted molar refractivity (Wildman–Crippen MR) is 97.0 cm³/mol. The van der Waals surface area contributed by atoms with E-state index >= 15 is 0 Å². The molecule has 3 rings (SSSR count). The van der Waals surface area contributed by atoms with Gasteiger partial charge in [-0.1, -0.05) is 30.3 Å². The molecule has 2 aromatic rings. The molecule has 0 spiro atoms. The Morgan fingerprint density at radius 2 is 2.21 bits per heavy atom. The van der Waals surface area contributed by atoms with E-state index in [1.165, 1.54) is 6.39 Å². The van der Waals surface area contributed by atoms with E-state index in [9.17, 15) is 5.11 Å². The van der Waals surface area contributed by atoms with Crippen LogP contribution in [-0.2, 0) is 6.54 Å². The zero-order valence-electron chi connectivity index (χ0n) is 13.7. The van der Waals surface area contributed by atoms with Crippen molar-refractivity contribution in [1.29, 1.82) is 0 Å². The summed E-state index contributed by atoms with van der Waals surface area (Å²) in [6.07, 6.45) is 2.26. The quantitative estimate of drug-likeness (QED) is 0.566. The van der Waals surface area contributed by atoms with Crippen LogP contribution < -0.4 is 10.6 Å². The van der Waals surface area contributed by atoms with Crippen LogP contribution in [0.5, 0.6) is 0 Å². The number of nitrogens with zero attached hydrogens (tertiary/aromatic N) is 2. The number of rotatable bonds is 5. The van der Waals surface area contributed by atoms with Gasteiger partial charge in [-0.05, 0) is 12.2 Å². The van der Waals surface area contributed by atoms with Gasteiger partial charge in [0.2, 0.25) is 0 Å². The first-order valence-corrected chi connectivity index (χ1v) is 9.08. The van der Waals surface area contributed by atoms with E-state index < -0.39 is 5.60 Å². The average Bonchev–Trinajstić information content (AvgIpc) is 3.25. The van der Waals surface area contributed by atoms with E-state index in [0.717, 1.165) is 34.9 Å². The molecular weight excluding hydrogens is 324 g/mol. The minimum absolute atomic E-state index is 0.490. The van der Waals surface area contributed by atoms with E-state index in [1.807, 2.05) is 30.3 Å². The van der Waals surface area contributed by atoms with Crippen molar-refractivity contribution >= 4 is 17.7 Å². The maximum Gasteiger partial charge on any atom is 0.191 e. The number of hydrogen-bond acceptors (Lipinski definition) is 5. The molecule has 1 atom stereocenters. The van der Waals surface area contributed by atoms with E-state index in [-0.39, 0.29) is 0 Å². The topological polar surface area (TPSA) is 82.7 Å². The first-order chi connectivity index (χ1) is 11.7. The van der Waals surface area contributed by atoms with Crippen LogP contribution in [0.25, 0.3) is 11.3 Å². The number of hydrogen-bond donors (Lipinski definition) is 3. The van der Waals surface area contributed by atoms with Gasteiger partial charge in [-0.15, -0.1) is 0 Å². The van der Waals surface area contributed by atoms with Crippen LogP contribution in [0.15, 0.2) is 46.1 Å². The molecule has 0 bridgehead atoms. The normalized spacial score (nSPS) is 21.0. The van der Waals surface area contributed by atoms with Crippen LogP contribution >= 0.6 is 11.8 Å². The van der Waals surface area contributed by atoms with E-state index in [1.54, 1.807) is 18.8 Å². The number of oxazole rings is 1. The lowest BCUT2D eigenvalue weighted by Gasteiger charge is -2.23. The third-order valence-corrected chi connectivity index (χ3v) is 5.23. The molecule has 6 nitrogen and oxygen atoms in total. The van der Waals surface area contributed by atoms with Gasteiger partial charge in [-0.2, -0.15) is 11.8 Å². The Bertz CT molecular complexity index is 681. The predicted octanol–water partition coefficient (Wildman–Crippen LogP) is 1.87. The number of thioether (sulfide) groups is 1. The molecule has 1 aromatic heterocycles. The third-order valence-electron chi connectivity index (χ3n) is 3.99. The smallest absolute Gasteiger partial charge is 0.191 e. The summed E-state index contributed by atoms with van der Waals surface area (Å²) < 4.78 is 5.52. The maximum absolute atomic E-state index is 10.4. The van der Waals surface area contributed by atoms with Crippen LogP contribution in [0.3, 0.4) is 0 Å². The first-order valence-electron chi connectivity index (χ1n) is 7.93. The molecule has 128 valence electrons. The molecule has 1 aliphatic rings. The highest BCUT2D eigenvalue weighted by Gasteiger charge is 2.31. The van der Waals surface area contributed by atoms with Crippen molar-refractivity contribution in [3.63, 3.8) is 0 Å². The van der Waals surface area contributed by atoms with Crippen molar-refractivity contribution < 1.29 is 9.52 Å². The van der Waals surface area contributed by atoms with Crippen LogP contribution in [0.2, 0.25) is 0 Å². The minimum atomic E-state index is -0.647. The number of aliphatic hydroxyl groups is 1. The van der Waals surface area contributed by atoms with Gasteiger partial charge in [0, 0.05) is 24.9 Å². The van der Waals surface area contributed by atoms with Crippen molar-refractivity contribution in [3.05, 3.63) is 42.4 Å². The van der Waals surface area contributed by atoms with E-state index in [0.29, 0.717) is 19.0 Å². The fourth-order valence-electron chi connectivity index (χ4n) is 2.59. The number of guanidine groups is 1. The Labute approximate surface area is 145 Å². The van der Waals surface area contributed by atoms with Gasteiger partial charge < -0.3 is 20.2 Å². The van der Waals surface area contributed by atoms with Gasteiger partial charge in [0.25, 0.3) is 0 Å². The van der Waals surface area contributed by atoms with Crippen LogP contribution in [0.1, 0.15) is 12.1 Å². The molecule has 1 aromatic carbocycles. The Kier molecular flexibility index (Phi) is 5.42. The van der Waals surface area contributed by atoms with Crippen molar-refractivity contribution in [2.24, 2.45) is 4.99 Å². The number of nitrogens with one attached hydrogen (secondary N) is 2. The highest BCUT2D eigenvalue weighted by molar-refractivity contribution is 7.99. The lowest BCUT2D eigenvalue weighted by molar-refractivity contribution is 0.0724. The molecule has 0 aliphatic carbocycles. The summed E-state index contributed by atoms with van der Waals surface area (Å²) in [6, 6.07) is 9.88. The molecule has 1 unspecified atom stereocenters. The van der Waals surface area contributed by atoms with Gasteiger partial charge >= 0.3 is 0 Å². The summed E-state index contributed by atoms with van der Waals surface area (Å²) >= 11 is 1.78. The monoisotopic (exact) mass is 346 g/mol. The van der Waals surface area contributed by atoms with Crippen LogP contribution in [-0.4, -0.2) is 46.7 Å². The third kappa shape index (κ3) is 4.10. The molecule has 1 saturated heterocycles. The molecule has 7 heteroatoms. The summed E-state index contributed by atoms with van der Waals surface area (Å²) in [5.41, 5.74) is 1.16. The van der Waals surface area contributed by atoms with E-state index in [4.69, 9.17) is 4.42 Å². The minimum Gasteiger partial charge on any atom is -0.443 e. The van der Waals surface area contributed by atoms with Crippen LogP contribution in [0, 0.1) is 0 Å². The Morgan fingerprint density at radius 1 is 1.38 bits per heavy atom. The lowest BCUT2D eigenvalue weighted by Crippen LogP contribution is -2.47. The van der Waals surface area contributed by atoms with Gasteiger partial charge in [-0.25, -0.2) is 4.98 Å². The summed E-state index contributed by atoms with van der Waals surface area (Å²) in [5.74, 6) is 3.16. The van der Waals surface area contributed by atoms with Crippen molar-refractivity contribution in [1.82, 2.24) is 15.6 Å². The fraction of sp³-hybridized carbons (Fsp3) is 0.412. The molecule has 1 fully saturated rings. The highest BCUT2D eigenvalue weighted by atomic mass is 32.2. The standard InChI is InChI=1S/C17H22N4O2S/c1-18-16(20-10-17(22)7-8-24-11-17)19-9-14-15(23-12-21-14)13-5-3-2-4-6-13/h2-6,12,22H,7-11H2,1H3,(H2,18,19,20). The second-order valence-electron chi connectivity index (χ2n) is 5.80. The zero-order chi connectivity index (χ0) is 16.8. The van der Waals surface area contributed by atoms with Gasteiger partial charge in [0.15, 0.2) is 18.1 Å². The number of aromatic nitrogens is 1. The average molecular weight is 346 g/mol. The summed E-state index contributed by atoms with van der Waals surface area (Å²) in [6.45, 7) is 0.984. The SMILES string of the molecule is CN=C(NCc1ncoc1-c1ccccc1)NCC1(O)CCSC1. The largest absolute Gasteiger partial charge is 0.443 e. The van der Waals surface area contributed by atoms with Crippen molar-refractivity contribution in [2.75, 3.05) is 25.1 Å². The Balaban J connectivity index is 1.58. The van der Waals surface area contributed by atoms with Gasteiger partial charge in [0.05, 0.1) is 12.1 Å². The summed E-state index contributed by atoms with van der Waals surface area (Å²) in [7, 11) is 1.71. The molecule has 0 radical (unpaired) electrons. The second kappa shape index (κ2) is 7.72. The van der Waals surface area contributed by atoms with E-state index in [2.05, 4.69) is 20.6 Å². The van der Waals surface area contributed by atoms with Crippen molar-refractivity contribution in [3.8, 4) is 11.3 Å². The Morgan fingerprint density at radius 3 is 2.92 bits per heavy atom. The summed E-state index contributed by atoms with van der Waals surface area (Å²) in [4.78, 5) is 8.49. The summed E-state index contributed by atoms with van der Waals surface area (Å²) in [5, 5.41) is 16.8. The molecule has 1 aliphatic heterocycles. The zero-order valence-corrected chi connectivity index (χ0v) is 14.5. The van der Waals surface area contributed by atoms with Crippen molar-refractivity contribution in [2.45, 2.75) is 18.6 Å². The lowest BCUT2D eigenvalue weighted by atomic mass is 10.0. The fourth-order valence-corrected chi connectivity index (χ4v) is 3.89. The van der Waals surface area contributed by atoms with Crippen LogP contribution in [0.4, 0.5) is 0 Å². The second-order valence-corrected chi connectivity index (χ2v) is 6.91. The number of aliphatic imine (C=N–C) groups is 1. The molecular formula is C17H22N4O2S. The molecule has 0 saturated carbocycles. The Hall–Kier alpha value is -1.99. The highest BCUT2D eigenvalue weighted by Crippen LogP contribution is 2.27. The number of benzene rings is 1. The molecule has 0 amide bonds. The molecule has 24 heavy (non-hydrogen) atoms. The molecule has 2 heterocycles. The van der Waals surface area contributed by atoms with Gasteiger partial charge in [-0.3, -0.25) is 4.99 Å².